The second-order valence-corrected chi connectivity index (χ2v) is 5.27. The Hall–Kier alpha value is -0.690. The van der Waals surface area contributed by atoms with Gasteiger partial charge < -0.3 is 0 Å². The van der Waals surface area contributed by atoms with Gasteiger partial charge in [-0.1, -0.05) is 36.4 Å². The Balaban J connectivity index is 2.47. The van der Waals surface area contributed by atoms with Gasteiger partial charge in [0.15, 0.2) is 0 Å². The van der Waals surface area contributed by atoms with Crippen LogP contribution >= 0.6 is 0 Å². The van der Waals surface area contributed by atoms with Gasteiger partial charge >= 0.3 is 0 Å². The maximum atomic E-state index is 2.26. The molecule has 0 amide bonds. The van der Waals surface area contributed by atoms with Crippen LogP contribution in [0.5, 0.6) is 0 Å². The number of hydrogen-bond acceptors (Lipinski definition) is 0. The summed E-state index contributed by atoms with van der Waals surface area (Å²) in [5.41, 5.74) is 1.29. The number of hydrogen-bond donors (Lipinski definition) is 0. The topological polar surface area (TPSA) is 0 Å². The first-order valence-corrected chi connectivity index (χ1v) is 6.26. The van der Waals surface area contributed by atoms with E-state index < -0.39 is 0 Å². The Morgan fingerprint density at radius 2 is 1.83 bits per heavy atom. The van der Waals surface area contributed by atoms with Crippen LogP contribution < -0.4 is 0 Å². The minimum Gasteiger partial charge on any atom is -0.0622 e. The zero-order chi connectivity index (χ0) is 8.81. The Morgan fingerprint density at radius 1 is 1.17 bits per heavy atom. The SMILES string of the molecule is C[S+](C)C/C=C/c1ccccc1. The van der Waals surface area contributed by atoms with Crippen LogP contribution in [0.15, 0.2) is 36.4 Å². The minimum atomic E-state index is 0.524. The summed E-state index contributed by atoms with van der Waals surface area (Å²) in [6, 6.07) is 10.4. The highest BCUT2D eigenvalue weighted by molar-refractivity contribution is 7.95. The lowest BCUT2D eigenvalue weighted by Gasteiger charge is -1.91. The molecule has 0 bridgehead atoms. The van der Waals surface area contributed by atoms with E-state index in [1.165, 1.54) is 11.3 Å². The average Bonchev–Trinajstić information content (AvgIpc) is 2.05. The number of rotatable bonds is 3. The van der Waals surface area contributed by atoms with Gasteiger partial charge in [0.2, 0.25) is 0 Å². The molecule has 1 aromatic rings. The molecule has 1 rings (SSSR count). The van der Waals surface area contributed by atoms with E-state index in [-0.39, 0.29) is 0 Å². The van der Waals surface area contributed by atoms with Crippen molar-refractivity contribution >= 4 is 17.0 Å². The summed E-state index contributed by atoms with van der Waals surface area (Å²) in [7, 11) is 0.524. The summed E-state index contributed by atoms with van der Waals surface area (Å²) in [6.45, 7) is 0. The van der Waals surface area contributed by atoms with E-state index in [0.29, 0.717) is 10.9 Å². The van der Waals surface area contributed by atoms with Crippen molar-refractivity contribution in [3.05, 3.63) is 42.0 Å². The van der Waals surface area contributed by atoms with Crippen molar-refractivity contribution in [1.82, 2.24) is 0 Å². The third-order valence-corrected chi connectivity index (χ3v) is 2.40. The molecule has 1 aromatic carbocycles. The molecule has 0 unspecified atom stereocenters. The first-order chi connectivity index (χ1) is 5.79. The smallest absolute Gasteiger partial charge is 0.0622 e. The fraction of sp³-hybridized carbons (Fsp3) is 0.273. The lowest BCUT2D eigenvalue weighted by molar-refractivity contribution is 1.64. The van der Waals surface area contributed by atoms with E-state index >= 15 is 0 Å². The van der Waals surface area contributed by atoms with Crippen LogP contribution in [0.25, 0.3) is 6.08 Å². The van der Waals surface area contributed by atoms with Gasteiger partial charge in [0.1, 0.15) is 5.75 Å². The minimum absolute atomic E-state index is 0.524. The summed E-state index contributed by atoms with van der Waals surface area (Å²) < 4.78 is 0. The lowest BCUT2D eigenvalue weighted by atomic mass is 10.2. The predicted molar refractivity (Wildman–Crippen MR) is 59.6 cm³/mol. The summed E-state index contributed by atoms with van der Waals surface area (Å²) in [4.78, 5) is 0. The van der Waals surface area contributed by atoms with Gasteiger partial charge in [-0.3, -0.25) is 0 Å². The molecule has 0 spiro atoms. The maximum Gasteiger partial charge on any atom is 0.126 e. The van der Waals surface area contributed by atoms with E-state index in [9.17, 15) is 0 Å². The quantitative estimate of drug-likeness (QED) is 0.626. The third-order valence-electron chi connectivity index (χ3n) is 1.54. The molecule has 0 N–H and O–H groups in total. The van der Waals surface area contributed by atoms with E-state index in [1.54, 1.807) is 0 Å². The van der Waals surface area contributed by atoms with E-state index in [2.05, 4.69) is 48.9 Å². The zero-order valence-electron chi connectivity index (χ0n) is 7.66. The van der Waals surface area contributed by atoms with E-state index in [4.69, 9.17) is 0 Å². The van der Waals surface area contributed by atoms with Crippen molar-refractivity contribution in [3.8, 4) is 0 Å². The van der Waals surface area contributed by atoms with Gasteiger partial charge in [-0.05, 0) is 22.5 Å². The normalized spacial score (nSPS) is 11.2. The Morgan fingerprint density at radius 3 is 2.42 bits per heavy atom. The highest BCUT2D eigenvalue weighted by Gasteiger charge is 1.95. The van der Waals surface area contributed by atoms with Crippen LogP contribution in [0.4, 0.5) is 0 Å². The Kier molecular flexibility index (Phi) is 3.95. The molecule has 0 aliphatic rings. The van der Waals surface area contributed by atoms with Crippen molar-refractivity contribution < 1.29 is 0 Å². The molecule has 0 saturated heterocycles. The Labute approximate surface area is 77.7 Å². The fourth-order valence-corrected chi connectivity index (χ4v) is 1.42. The molecule has 64 valence electrons. The molecule has 0 heterocycles. The van der Waals surface area contributed by atoms with Crippen molar-refractivity contribution in [2.75, 3.05) is 18.3 Å². The molecule has 12 heavy (non-hydrogen) atoms. The van der Waals surface area contributed by atoms with Gasteiger partial charge in [0, 0.05) is 0 Å². The van der Waals surface area contributed by atoms with Crippen LogP contribution in [0.2, 0.25) is 0 Å². The Bertz CT molecular complexity index is 236. The molecule has 1 heteroatoms. The second-order valence-electron chi connectivity index (χ2n) is 2.97. The van der Waals surface area contributed by atoms with Crippen LogP contribution in [0.1, 0.15) is 5.56 Å². The first kappa shape index (κ1) is 9.40. The molecule has 0 aliphatic heterocycles. The van der Waals surface area contributed by atoms with Gasteiger partial charge in [-0.15, -0.1) is 0 Å². The largest absolute Gasteiger partial charge is 0.126 e. The fourth-order valence-electron chi connectivity index (χ4n) is 0.941. The summed E-state index contributed by atoms with van der Waals surface area (Å²) in [5, 5.41) is 0. The maximum absolute atomic E-state index is 2.26. The molecule has 0 atom stereocenters. The molecule has 0 aromatic heterocycles. The summed E-state index contributed by atoms with van der Waals surface area (Å²) in [5.74, 6) is 1.19. The molecule has 0 saturated carbocycles. The third kappa shape index (κ3) is 3.63. The molecule has 0 fully saturated rings. The van der Waals surface area contributed by atoms with Crippen LogP contribution in [-0.2, 0) is 10.9 Å². The second kappa shape index (κ2) is 5.04. The summed E-state index contributed by atoms with van der Waals surface area (Å²) in [6.07, 6.45) is 8.95. The molecule has 0 nitrogen and oxygen atoms in total. The van der Waals surface area contributed by atoms with Crippen LogP contribution in [0, 0.1) is 0 Å². The van der Waals surface area contributed by atoms with E-state index in [1.807, 2.05) is 6.07 Å². The standard InChI is InChI=1S/C11H15S/c1-12(2)10-6-9-11-7-4-3-5-8-11/h3-9H,10H2,1-2H3/q+1/b9-6+. The monoisotopic (exact) mass is 179 g/mol. The first-order valence-electron chi connectivity index (χ1n) is 4.05. The van der Waals surface area contributed by atoms with Gasteiger partial charge in [-0.25, -0.2) is 0 Å². The van der Waals surface area contributed by atoms with Gasteiger partial charge in [0.25, 0.3) is 0 Å². The van der Waals surface area contributed by atoms with Crippen LogP contribution in [0.3, 0.4) is 0 Å². The predicted octanol–water partition coefficient (Wildman–Crippen LogP) is 2.58. The highest BCUT2D eigenvalue weighted by atomic mass is 32.2. The van der Waals surface area contributed by atoms with Gasteiger partial charge in [0.05, 0.1) is 12.5 Å². The average molecular weight is 179 g/mol. The molecular formula is C11H15S+. The molecular weight excluding hydrogens is 164 g/mol. The van der Waals surface area contributed by atoms with E-state index in [0.717, 1.165) is 0 Å². The van der Waals surface area contributed by atoms with Crippen molar-refractivity contribution in [1.29, 1.82) is 0 Å². The highest BCUT2D eigenvalue weighted by Crippen LogP contribution is 2.01. The van der Waals surface area contributed by atoms with Gasteiger partial charge in [-0.2, -0.15) is 0 Å². The van der Waals surface area contributed by atoms with Crippen LogP contribution in [-0.4, -0.2) is 18.3 Å². The zero-order valence-corrected chi connectivity index (χ0v) is 8.47. The van der Waals surface area contributed by atoms with Crippen molar-refractivity contribution in [2.24, 2.45) is 0 Å². The van der Waals surface area contributed by atoms with Crippen molar-refractivity contribution in [2.45, 2.75) is 0 Å². The van der Waals surface area contributed by atoms with Crippen molar-refractivity contribution in [3.63, 3.8) is 0 Å². The molecule has 0 radical (unpaired) electrons. The molecule has 0 aliphatic carbocycles. The number of benzene rings is 1. The summed E-state index contributed by atoms with van der Waals surface area (Å²) >= 11 is 0. The lowest BCUT2D eigenvalue weighted by Crippen LogP contribution is -1.97.